The van der Waals surface area contributed by atoms with Gasteiger partial charge in [-0.15, -0.1) is 17.9 Å². The van der Waals surface area contributed by atoms with Crippen molar-refractivity contribution in [2.75, 3.05) is 25.1 Å². The van der Waals surface area contributed by atoms with Gasteiger partial charge < -0.3 is 19.9 Å². The van der Waals surface area contributed by atoms with Gasteiger partial charge in [0, 0.05) is 16.5 Å². The summed E-state index contributed by atoms with van der Waals surface area (Å²) < 4.78 is 12.6. The molecule has 1 aliphatic rings. The lowest BCUT2D eigenvalue weighted by Crippen LogP contribution is -2.25. The van der Waals surface area contributed by atoms with Gasteiger partial charge in [0.15, 0.2) is 18.1 Å². The molecule has 0 atom stereocenters. The molecule has 2 N–H and O–H groups in total. The Bertz CT molecular complexity index is 1260. The number of phenolic OH excluding ortho intramolecular Hbond substituents is 1. The molecule has 164 valence electrons. The van der Waals surface area contributed by atoms with Gasteiger partial charge in [-0.3, -0.25) is 9.79 Å². The second-order valence-electron chi connectivity index (χ2n) is 6.76. The maximum atomic E-state index is 11.7. The monoisotopic (exact) mass is 450 g/mol. The third-order valence-corrected chi connectivity index (χ3v) is 5.45. The molecule has 0 radical (unpaired) electrons. The Morgan fingerprint density at radius 1 is 1.38 bits per heavy atom. The highest BCUT2D eigenvalue weighted by Crippen LogP contribution is 2.33. The first-order chi connectivity index (χ1) is 15.6. The highest BCUT2D eigenvalue weighted by Gasteiger charge is 2.18. The number of aromatic nitrogens is 1. The van der Waals surface area contributed by atoms with Gasteiger partial charge in [-0.2, -0.15) is 5.10 Å². The van der Waals surface area contributed by atoms with Crippen LogP contribution in [0.1, 0.15) is 12.5 Å². The number of hydrogen-bond acceptors (Lipinski definition) is 7. The third kappa shape index (κ3) is 4.42. The minimum absolute atomic E-state index is 0.00394. The first-order valence-corrected chi connectivity index (χ1v) is 10.9. The van der Waals surface area contributed by atoms with Crippen LogP contribution in [0, 0.1) is 0 Å². The summed E-state index contributed by atoms with van der Waals surface area (Å²) in [6.45, 7) is 6.46. The van der Waals surface area contributed by atoms with Gasteiger partial charge in [0.2, 0.25) is 4.80 Å². The van der Waals surface area contributed by atoms with Crippen LogP contribution < -0.4 is 19.6 Å². The van der Waals surface area contributed by atoms with Gasteiger partial charge in [-0.05, 0) is 37.3 Å². The van der Waals surface area contributed by atoms with Crippen LogP contribution in [-0.4, -0.2) is 41.7 Å². The van der Waals surface area contributed by atoms with Crippen LogP contribution in [0.4, 0.5) is 5.69 Å². The van der Waals surface area contributed by atoms with Gasteiger partial charge in [-0.1, -0.05) is 12.1 Å². The predicted octanol–water partition coefficient (Wildman–Crippen LogP) is 3.62. The van der Waals surface area contributed by atoms with Crippen molar-refractivity contribution < 1.29 is 19.4 Å². The summed E-state index contributed by atoms with van der Waals surface area (Å²) in [5.41, 5.74) is 2.72. The van der Waals surface area contributed by atoms with Crippen molar-refractivity contribution in [3.63, 3.8) is 0 Å². The quantitative estimate of drug-likeness (QED) is 0.424. The van der Waals surface area contributed by atoms with Crippen LogP contribution in [0.15, 0.2) is 64.5 Å². The minimum atomic E-state index is -0.197. The van der Waals surface area contributed by atoms with Gasteiger partial charge in [0.25, 0.3) is 5.91 Å². The highest BCUT2D eigenvalue weighted by atomic mass is 32.1. The molecule has 0 unspecified atom stereocenters. The van der Waals surface area contributed by atoms with Gasteiger partial charge in [0.05, 0.1) is 30.7 Å². The number of aromatic hydroxyl groups is 1. The predicted molar refractivity (Wildman–Crippen MR) is 125 cm³/mol. The van der Waals surface area contributed by atoms with Crippen molar-refractivity contribution in [1.29, 1.82) is 0 Å². The number of nitrogens with one attached hydrogen (secondary N) is 1. The normalized spacial score (nSPS) is 13.5. The highest BCUT2D eigenvalue weighted by molar-refractivity contribution is 7.07. The van der Waals surface area contributed by atoms with E-state index < -0.39 is 0 Å². The summed E-state index contributed by atoms with van der Waals surface area (Å²) >= 11 is 1.43. The number of para-hydroxylation sites is 1. The van der Waals surface area contributed by atoms with Gasteiger partial charge in [-0.25, -0.2) is 4.68 Å². The Hall–Kier alpha value is -3.85. The summed E-state index contributed by atoms with van der Waals surface area (Å²) in [5, 5.41) is 19.8. The van der Waals surface area contributed by atoms with E-state index in [1.54, 1.807) is 35.2 Å². The van der Waals surface area contributed by atoms with Crippen molar-refractivity contribution in [2.24, 2.45) is 10.1 Å². The van der Waals surface area contributed by atoms with Crippen molar-refractivity contribution in [2.45, 2.75) is 6.92 Å². The Labute approximate surface area is 188 Å². The van der Waals surface area contributed by atoms with E-state index in [9.17, 15) is 9.90 Å². The first kappa shape index (κ1) is 21.4. The SMILES string of the molecule is C=CCN=c1scc(-c2ccc3c(c2)NC(=O)CO3)n1N=Cc1cccc(OCC)c1O. The molecule has 9 heteroatoms. The zero-order chi connectivity index (χ0) is 22.5. The van der Waals surface area contributed by atoms with Crippen LogP contribution in [-0.2, 0) is 4.79 Å². The molecule has 0 fully saturated rings. The fourth-order valence-electron chi connectivity index (χ4n) is 3.14. The lowest BCUT2D eigenvalue weighted by atomic mass is 10.1. The third-order valence-electron chi connectivity index (χ3n) is 4.59. The summed E-state index contributed by atoms with van der Waals surface area (Å²) in [4.78, 5) is 16.9. The second-order valence-corrected chi connectivity index (χ2v) is 7.60. The van der Waals surface area contributed by atoms with Crippen molar-refractivity contribution in [3.8, 4) is 28.5 Å². The fraction of sp³-hybridized carbons (Fsp3) is 0.174. The number of phenols is 1. The first-order valence-electron chi connectivity index (χ1n) is 9.98. The van der Waals surface area contributed by atoms with E-state index in [0.29, 0.717) is 40.7 Å². The summed E-state index contributed by atoms with van der Waals surface area (Å²) in [6, 6.07) is 10.8. The van der Waals surface area contributed by atoms with Gasteiger partial charge in [0.1, 0.15) is 5.75 Å². The molecule has 0 aliphatic carbocycles. The Morgan fingerprint density at radius 3 is 3.06 bits per heavy atom. The van der Waals surface area contributed by atoms with Crippen molar-refractivity contribution in [3.05, 3.63) is 64.8 Å². The van der Waals surface area contributed by atoms with E-state index in [1.807, 2.05) is 30.5 Å². The number of rotatable bonds is 7. The van der Waals surface area contributed by atoms with E-state index in [4.69, 9.17) is 9.47 Å². The van der Waals surface area contributed by atoms with E-state index in [0.717, 1.165) is 11.3 Å². The van der Waals surface area contributed by atoms with Crippen molar-refractivity contribution >= 4 is 29.1 Å². The lowest BCUT2D eigenvalue weighted by Gasteiger charge is -2.18. The number of amides is 1. The number of ether oxygens (including phenoxy) is 2. The molecule has 1 aromatic heterocycles. The molecule has 1 amide bonds. The number of thiazole rings is 1. The molecule has 0 bridgehead atoms. The summed E-state index contributed by atoms with van der Waals surface area (Å²) in [5.74, 6) is 0.841. The number of carbonyl (C=O) groups excluding carboxylic acids is 1. The molecule has 32 heavy (non-hydrogen) atoms. The molecule has 3 aromatic rings. The Balaban J connectivity index is 1.77. The number of fused-ring (bicyclic) bond motifs is 1. The lowest BCUT2D eigenvalue weighted by molar-refractivity contribution is -0.118. The molecular weight excluding hydrogens is 428 g/mol. The topological polar surface area (TPSA) is 97.4 Å². The number of benzene rings is 2. The molecule has 8 nitrogen and oxygen atoms in total. The zero-order valence-electron chi connectivity index (χ0n) is 17.4. The van der Waals surface area contributed by atoms with Crippen LogP contribution in [0.3, 0.4) is 0 Å². The van der Waals surface area contributed by atoms with E-state index >= 15 is 0 Å². The zero-order valence-corrected chi connectivity index (χ0v) is 18.3. The molecule has 4 rings (SSSR count). The number of hydrogen-bond donors (Lipinski definition) is 2. The van der Waals surface area contributed by atoms with E-state index in [2.05, 4.69) is 22.0 Å². The number of carbonyl (C=O) groups is 1. The molecular formula is C23H22N4O4S. The maximum absolute atomic E-state index is 11.7. The number of nitrogens with zero attached hydrogens (tertiary/aromatic N) is 3. The van der Waals surface area contributed by atoms with Crippen LogP contribution in [0.5, 0.6) is 17.2 Å². The average Bonchev–Trinajstić information content (AvgIpc) is 3.20. The molecule has 0 saturated carbocycles. The number of anilines is 1. The Morgan fingerprint density at radius 2 is 2.25 bits per heavy atom. The summed E-state index contributed by atoms with van der Waals surface area (Å²) in [6.07, 6.45) is 3.26. The van der Waals surface area contributed by atoms with Crippen LogP contribution >= 0.6 is 11.3 Å². The fourth-order valence-corrected chi connectivity index (χ4v) is 3.99. The molecule has 2 heterocycles. The maximum Gasteiger partial charge on any atom is 0.262 e. The molecule has 2 aromatic carbocycles. The average molecular weight is 451 g/mol. The van der Waals surface area contributed by atoms with Crippen LogP contribution in [0.25, 0.3) is 11.3 Å². The molecule has 0 saturated heterocycles. The Kier molecular flexibility index (Phi) is 6.37. The smallest absolute Gasteiger partial charge is 0.262 e. The van der Waals surface area contributed by atoms with E-state index in [-0.39, 0.29) is 18.3 Å². The van der Waals surface area contributed by atoms with E-state index in [1.165, 1.54) is 11.3 Å². The minimum Gasteiger partial charge on any atom is -0.504 e. The standard InChI is InChI=1S/C23H22N4O4S/c1-3-10-24-23-27(25-12-16-6-5-7-20(22(16)29)30-4-2)18(14-32-23)15-8-9-19-17(11-15)26-21(28)13-31-19/h3,5-9,11-12,14,29H,1,4,10,13H2,2H3,(H,26,28). The molecule has 0 spiro atoms. The van der Waals surface area contributed by atoms with Gasteiger partial charge >= 0.3 is 0 Å². The largest absolute Gasteiger partial charge is 0.504 e. The molecule has 1 aliphatic heterocycles. The van der Waals surface area contributed by atoms with Crippen molar-refractivity contribution in [1.82, 2.24) is 4.68 Å². The second kappa shape index (κ2) is 9.52. The summed E-state index contributed by atoms with van der Waals surface area (Å²) in [7, 11) is 0. The van der Waals surface area contributed by atoms with Crippen LogP contribution in [0.2, 0.25) is 0 Å².